The minimum atomic E-state index is -0.328. The summed E-state index contributed by atoms with van der Waals surface area (Å²) in [7, 11) is 0. The van der Waals surface area contributed by atoms with E-state index in [0.29, 0.717) is 31.1 Å². The van der Waals surface area contributed by atoms with Crippen molar-refractivity contribution in [1.29, 1.82) is 0 Å². The average molecular weight is 425 g/mol. The molecule has 7 heteroatoms. The fourth-order valence-corrected chi connectivity index (χ4v) is 4.02. The third-order valence-electron chi connectivity index (χ3n) is 4.94. The number of piperidine rings is 1. The maximum absolute atomic E-state index is 13.9. The van der Waals surface area contributed by atoms with Gasteiger partial charge < -0.3 is 4.74 Å². The van der Waals surface area contributed by atoms with E-state index in [4.69, 9.17) is 4.74 Å². The van der Waals surface area contributed by atoms with Crippen LogP contribution < -0.4 is 14.8 Å². The molecule has 1 aromatic rings. The van der Waals surface area contributed by atoms with Crippen molar-refractivity contribution in [3.8, 4) is 5.75 Å². The van der Waals surface area contributed by atoms with Crippen molar-refractivity contribution >= 4 is 23.8 Å². The molecule has 0 bridgehead atoms. The summed E-state index contributed by atoms with van der Waals surface area (Å²) in [6.07, 6.45) is 5.11. The van der Waals surface area contributed by atoms with Gasteiger partial charge in [-0.2, -0.15) is 0 Å². The van der Waals surface area contributed by atoms with Crippen LogP contribution in [0.2, 0.25) is 0 Å². The largest absolute Gasteiger partial charge is 0.490 e. The second-order valence-electron chi connectivity index (χ2n) is 8.08. The molecular formula is C22H33FN2O3S. The molecule has 5 nitrogen and oxygen atoms in total. The second-order valence-corrected chi connectivity index (χ2v) is 9.01. The van der Waals surface area contributed by atoms with E-state index in [1.54, 1.807) is 24.1 Å². The predicted molar refractivity (Wildman–Crippen MR) is 115 cm³/mol. The number of unbranched alkanes of at least 4 members (excludes halogenated alkanes) is 2. The molecule has 0 aromatic heterocycles. The zero-order valence-electron chi connectivity index (χ0n) is 17.6. The number of benzene rings is 1. The number of amides is 2. The quantitative estimate of drug-likeness (QED) is 0.287. The molecule has 29 heavy (non-hydrogen) atoms. The summed E-state index contributed by atoms with van der Waals surface area (Å²) in [4.78, 5) is 22.9. The lowest BCUT2D eigenvalue weighted by Gasteiger charge is -2.20. The molecule has 162 valence electrons. The van der Waals surface area contributed by atoms with Crippen LogP contribution >= 0.6 is 11.9 Å². The van der Waals surface area contributed by atoms with Crippen LogP contribution in [0.3, 0.4) is 0 Å². The van der Waals surface area contributed by atoms with Gasteiger partial charge in [0.1, 0.15) is 0 Å². The first-order valence-electron chi connectivity index (χ1n) is 10.5. The van der Waals surface area contributed by atoms with Crippen molar-refractivity contribution in [3.63, 3.8) is 0 Å². The van der Waals surface area contributed by atoms with Crippen molar-refractivity contribution in [3.05, 3.63) is 29.6 Å². The van der Waals surface area contributed by atoms with Crippen LogP contribution in [0.5, 0.6) is 5.75 Å². The zero-order chi connectivity index (χ0) is 21.2. The van der Waals surface area contributed by atoms with Gasteiger partial charge in [-0.3, -0.25) is 19.6 Å². The molecule has 2 amide bonds. The third kappa shape index (κ3) is 8.34. The molecule has 1 aliphatic heterocycles. The van der Waals surface area contributed by atoms with E-state index in [2.05, 4.69) is 17.0 Å². The molecule has 1 heterocycles. The molecular weight excluding hydrogens is 391 g/mol. The van der Waals surface area contributed by atoms with Gasteiger partial charge in [-0.05, 0) is 49.8 Å². The van der Waals surface area contributed by atoms with Gasteiger partial charge in [0.2, 0.25) is 11.8 Å². The van der Waals surface area contributed by atoms with E-state index in [1.807, 2.05) is 13.8 Å². The standard InChI is InChI=1S/C22H33FN2O3S/c1-15(2)14-28-20-13-18(8-10-19(20)23)16(3)25-29-12-6-4-5-7-17-9-11-21(26)24-22(17)27/h8,10,13,15-17,25H,4-7,9,11-12,14H2,1-3H3,(H,24,26,27). The van der Waals surface area contributed by atoms with Gasteiger partial charge in [0, 0.05) is 24.1 Å². The third-order valence-corrected chi connectivity index (χ3v) is 5.95. The van der Waals surface area contributed by atoms with Gasteiger partial charge in [0.25, 0.3) is 0 Å². The molecule has 1 aromatic carbocycles. The average Bonchev–Trinajstić information content (AvgIpc) is 2.67. The monoisotopic (exact) mass is 424 g/mol. The van der Waals surface area contributed by atoms with Gasteiger partial charge >= 0.3 is 0 Å². The molecule has 0 radical (unpaired) electrons. The summed E-state index contributed by atoms with van der Waals surface area (Å²) in [6.45, 7) is 6.62. The Balaban J connectivity index is 1.62. The van der Waals surface area contributed by atoms with Gasteiger partial charge in [0.15, 0.2) is 11.6 Å². The molecule has 2 N–H and O–H groups in total. The number of nitrogens with one attached hydrogen (secondary N) is 2. The predicted octanol–water partition coefficient (Wildman–Crippen LogP) is 4.77. The van der Waals surface area contributed by atoms with Crippen LogP contribution in [0.25, 0.3) is 0 Å². The summed E-state index contributed by atoms with van der Waals surface area (Å²) in [5, 5.41) is 2.41. The lowest BCUT2D eigenvalue weighted by Crippen LogP contribution is -2.40. The second kappa shape index (κ2) is 12.2. The van der Waals surface area contributed by atoms with Crippen LogP contribution in [0.15, 0.2) is 18.2 Å². The number of carbonyl (C=O) groups excluding carboxylic acids is 2. The van der Waals surface area contributed by atoms with Gasteiger partial charge in [-0.1, -0.05) is 44.7 Å². The van der Waals surface area contributed by atoms with Crippen LogP contribution in [0.4, 0.5) is 4.39 Å². The van der Waals surface area contributed by atoms with Gasteiger partial charge in [-0.15, -0.1) is 0 Å². The number of hydrogen-bond acceptors (Lipinski definition) is 5. The van der Waals surface area contributed by atoms with E-state index in [1.165, 1.54) is 6.07 Å². The molecule has 1 saturated heterocycles. The van der Waals surface area contributed by atoms with Crippen molar-refractivity contribution in [2.75, 3.05) is 12.4 Å². The summed E-state index contributed by atoms with van der Waals surface area (Å²) >= 11 is 1.66. The number of hydrogen-bond donors (Lipinski definition) is 2. The maximum atomic E-state index is 13.9. The molecule has 1 fully saturated rings. The van der Waals surface area contributed by atoms with E-state index in [9.17, 15) is 14.0 Å². The smallest absolute Gasteiger partial charge is 0.229 e. The van der Waals surface area contributed by atoms with Crippen molar-refractivity contribution in [1.82, 2.24) is 10.0 Å². The number of rotatable bonds is 12. The Labute approximate surface area is 177 Å². The summed E-state index contributed by atoms with van der Waals surface area (Å²) < 4.78 is 22.9. The van der Waals surface area contributed by atoms with E-state index < -0.39 is 0 Å². The van der Waals surface area contributed by atoms with Crippen LogP contribution in [-0.2, 0) is 9.59 Å². The Hall–Kier alpha value is -1.60. The van der Waals surface area contributed by atoms with Crippen molar-refractivity contribution in [2.45, 2.75) is 65.3 Å². The summed E-state index contributed by atoms with van der Waals surface area (Å²) in [5.41, 5.74) is 0.996. The highest BCUT2D eigenvalue weighted by Crippen LogP contribution is 2.25. The lowest BCUT2D eigenvalue weighted by molar-refractivity contribution is -0.136. The Bertz CT molecular complexity index is 684. The van der Waals surface area contributed by atoms with Crippen molar-refractivity contribution < 1.29 is 18.7 Å². The summed E-state index contributed by atoms with van der Waals surface area (Å²) in [6, 6.07) is 5.11. The number of imide groups is 1. The van der Waals surface area contributed by atoms with E-state index >= 15 is 0 Å². The number of ether oxygens (including phenoxy) is 1. The molecule has 2 unspecified atom stereocenters. The fraction of sp³-hybridized carbons (Fsp3) is 0.636. The molecule has 2 rings (SSSR count). The first kappa shape index (κ1) is 23.7. The van der Waals surface area contributed by atoms with Crippen LogP contribution in [0, 0.1) is 17.7 Å². The summed E-state index contributed by atoms with van der Waals surface area (Å²) in [5.74, 6) is 1.03. The minimum Gasteiger partial charge on any atom is -0.490 e. The maximum Gasteiger partial charge on any atom is 0.229 e. The first-order valence-corrected chi connectivity index (χ1v) is 11.5. The fourth-order valence-electron chi connectivity index (χ4n) is 3.16. The highest BCUT2D eigenvalue weighted by molar-refractivity contribution is 7.97. The van der Waals surface area contributed by atoms with Gasteiger partial charge in [0.05, 0.1) is 6.61 Å². The zero-order valence-corrected chi connectivity index (χ0v) is 18.4. The van der Waals surface area contributed by atoms with Gasteiger partial charge in [-0.25, -0.2) is 4.39 Å². The highest BCUT2D eigenvalue weighted by Gasteiger charge is 2.25. The molecule has 0 spiro atoms. The Morgan fingerprint density at radius 1 is 1.24 bits per heavy atom. The van der Waals surface area contributed by atoms with E-state index in [0.717, 1.165) is 37.0 Å². The first-order chi connectivity index (χ1) is 13.9. The van der Waals surface area contributed by atoms with Crippen LogP contribution in [-0.4, -0.2) is 24.2 Å². The van der Waals surface area contributed by atoms with Crippen LogP contribution in [0.1, 0.15) is 70.9 Å². The Kier molecular flexibility index (Phi) is 9.94. The SMILES string of the molecule is CC(C)COc1cc(C(C)NSCCCCCC2CCC(=O)NC2=O)ccc1F. The number of halogens is 1. The van der Waals surface area contributed by atoms with Crippen molar-refractivity contribution in [2.24, 2.45) is 11.8 Å². The minimum absolute atomic E-state index is 0.0101. The normalized spacial score (nSPS) is 18.0. The molecule has 2 atom stereocenters. The topological polar surface area (TPSA) is 67.4 Å². The van der Waals surface area contributed by atoms with E-state index in [-0.39, 0.29) is 29.6 Å². The Morgan fingerprint density at radius 2 is 2.03 bits per heavy atom. The highest BCUT2D eigenvalue weighted by atomic mass is 32.2. The Morgan fingerprint density at radius 3 is 2.76 bits per heavy atom. The molecule has 0 saturated carbocycles. The lowest BCUT2D eigenvalue weighted by atomic mass is 9.92. The number of carbonyl (C=O) groups is 2. The molecule has 0 aliphatic carbocycles. The molecule has 1 aliphatic rings.